The molecule has 0 bridgehead atoms. The summed E-state index contributed by atoms with van der Waals surface area (Å²) in [7, 11) is 1.50. The first kappa shape index (κ1) is 8.20. The first-order chi connectivity index (χ1) is 5.27. The number of methoxy groups -OCH3 is 1. The van der Waals surface area contributed by atoms with Crippen LogP contribution in [0, 0.1) is 4.91 Å². The van der Waals surface area contributed by atoms with Crippen molar-refractivity contribution in [1.82, 2.24) is 0 Å². The standard InChI is InChI=1S/C7H6BrNO2/c1-11-7-3-2-5(8)4-6(7)9-10/h2-4H,1H3. The lowest BCUT2D eigenvalue weighted by molar-refractivity contribution is 0.416. The third-order valence-electron chi connectivity index (χ3n) is 1.24. The lowest BCUT2D eigenvalue weighted by Crippen LogP contribution is -1.81. The van der Waals surface area contributed by atoms with E-state index in [2.05, 4.69) is 21.1 Å². The third-order valence-corrected chi connectivity index (χ3v) is 1.73. The van der Waals surface area contributed by atoms with E-state index in [1.54, 1.807) is 18.2 Å². The summed E-state index contributed by atoms with van der Waals surface area (Å²) in [6, 6.07) is 5.07. The zero-order valence-corrected chi connectivity index (χ0v) is 7.46. The van der Waals surface area contributed by atoms with E-state index in [-0.39, 0.29) is 0 Å². The van der Waals surface area contributed by atoms with E-state index >= 15 is 0 Å². The normalized spacial score (nSPS) is 9.27. The molecule has 0 fully saturated rings. The van der Waals surface area contributed by atoms with Gasteiger partial charge in [0.05, 0.1) is 7.11 Å². The fraction of sp³-hybridized carbons (Fsp3) is 0.143. The molecule has 0 aliphatic carbocycles. The lowest BCUT2D eigenvalue weighted by Gasteiger charge is -2.00. The van der Waals surface area contributed by atoms with Gasteiger partial charge in [-0.15, -0.1) is 4.91 Å². The summed E-state index contributed by atoms with van der Waals surface area (Å²) in [5, 5.41) is 2.80. The molecule has 0 aromatic heterocycles. The minimum Gasteiger partial charge on any atom is -0.494 e. The summed E-state index contributed by atoms with van der Waals surface area (Å²) in [6.07, 6.45) is 0. The van der Waals surface area contributed by atoms with Crippen LogP contribution in [0.2, 0.25) is 0 Å². The van der Waals surface area contributed by atoms with E-state index < -0.39 is 0 Å². The number of ether oxygens (including phenoxy) is 1. The van der Waals surface area contributed by atoms with Crippen molar-refractivity contribution in [3.8, 4) is 5.75 Å². The Bertz CT molecular complexity index is 275. The predicted octanol–water partition coefficient (Wildman–Crippen LogP) is 2.86. The second-order valence-electron chi connectivity index (χ2n) is 1.91. The summed E-state index contributed by atoms with van der Waals surface area (Å²) < 4.78 is 5.69. The molecule has 3 nitrogen and oxygen atoms in total. The lowest BCUT2D eigenvalue weighted by atomic mass is 10.3. The van der Waals surface area contributed by atoms with E-state index in [0.717, 1.165) is 4.47 Å². The van der Waals surface area contributed by atoms with Crippen molar-refractivity contribution in [3.63, 3.8) is 0 Å². The first-order valence-electron chi connectivity index (χ1n) is 2.95. The predicted molar refractivity (Wildman–Crippen MR) is 46.1 cm³/mol. The summed E-state index contributed by atoms with van der Waals surface area (Å²) >= 11 is 3.21. The van der Waals surface area contributed by atoms with E-state index in [9.17, 15) is 4.91 Å². The van der Waals surface area contributed by atoms with Crippen LogP contribution in [-0.4, -0.2) is 7.11 Å². The van der Waals surface area contributed by atoms with Crippen LogP contribution < -0.4 is 4.74 Å². The average molecular weight is 216 g/mol. The molecule has 0 spiro atoms. The maximum absolute atomic E-state index is 10.2. The van der Waals surface area contributed by atoms with Crippen LogP contribution >= 0.6 is 15.9 Å². The summed E-state index contributed by atoms with van der Waals surface area (Å²) in [5.41, 5.74) is 0.307. The Morgan fingerprint density at radius 3 is 2.82 bits per heavy atom. The smallest absolute Gasteiger partial charge is 0.150 e. The van der Waals surface area contributed by atoms with Gasteiger partial charge in [-0.2, -0.15) is 0 Å². The summed E-state index contributed by atoms with van der Waals surface area (Å²) in [4.78, 5) is 10.2. The minimum absolute atomic E-state index is 0.307. The second-order valence-corrected chi connectivity index (χ2v) is 2.82. The van der Waals surface area contributed by atoms with Crippen molar-refractivity contribution in [2.45, 2.75) is 0 Å². The molecule has 0 saturated heterocycles. The van der Waals surface area contributed by atoms with Crippen LogP contribution in [-0.2, 0) is 0 Å². The largest absolute Gasteiger partial charge is 0.494 e. The SMILES string of the molecule is COc1ccc(Br)cc1N=O. The molecule has 0 atom stereocenters. The Kier molecular flexibility index (Phi) is 2.59. The van der Waals surface area contributed by atoms with Gasteiger partial charge < -0.3 is 4.74 Å². The number of hydrogen-bond acceptors (Lipinski definition) is 3. The van der Waals surface area contributed by atoms with E-state index in [1.165, 1.54) is 7.11 Å². The van der Waals surface area contributed by atoms with Crippen molar-refractivity contribution < 1.29 is 4.74 Å². The van der Waals surface area contributed by atoms with Gasteiger partial charge in [0.25, 0.3) is 0 Å². The molecule has 11 heavy (non-hydrogen) atoms. The molecule has 1 rings (SSSR count). The number of benzene rings is 1. The highest BCUT2D eigenvalue weighted by atomic mass is 79.9. The molecule has 1 aromatic rings. The van der Waals surface area contributed by atoms with Crippen LogP contribution in [0.25, 0.3) is 0 Å². The second kappa shape index (κ2) is 3.48. The third kappa shape index (κ3) is 1.77. The van der Waals surface area contributed by atoms with Gasteiger partial charge in [0.15, 0.2) is 5.69 Å². The van der Waals surface area contributed by atoms with Crippen molar-refractivity contribution in [3.05, 3.63) is 27.6 Å². The minimum atomic E-state index is 0.307. The van der Waals surface area contributed by atoms with Crippen LogP contribution in [0.5, 0.6) is 5.75 Å². The Morgan fingerprint density at radius 2 is 2.27 bits per heavy atom. The van der Waals surface area contributed by atoms with Crippen LogP contribution in [0.1, 0.15) is 0 Å². The van der Waals surface area contributed by atoms with Gasteiger partial charge in [0.2, 0.25) is 0 Å². The summed E-state index contributed by atoms with van der Waals surface area (Å²) in [5.74, 6) is 0.489. The van der Waals surface area contributed by atoms with Gasteiger partial charge in [0.1, 0.15) is 5.75 Å². The molecular weight excluding hydrogens is 210 g/mol. The highest BCUT2D eigenvalue weighted by Crippen LogP contribution is 2.29. The Morgan fingerprint density at radius 1 is 1.55 bits per heavy atom. The van der Waals surface area contributed by atoms with E-state index in [4.69, 9.17) is 4.74 Å². The molecule has 0 aliphatic heterocycles. The molecule has 0 heterocycles. The molecule has 58 valence electrons. The fourth-order valence-electron chi connectivity index (χ4n) is 0.734. The van der Waals surface area contributed by atoms with Crippen LogP contribution in [0.3, 0.4) is 0 Å². The topological polar surface area (TPSA) is 38.7 Å². The molecule has 0 unspecified atom stereocenters. The van der Waals surface area contributed by atoms with Crippen molar-refractivity contribution in [2.75, 3.05) is 7.11 Å². The maximum Gasteiger partial charge on any atom is 0.150 e. The van der Waals surface area contributed by atoms with Crippen LogP contribution in [0.15, 0.2) is 27.8 Å². The van der Waals surface area contributed by atoms with Gasteiger partial charge in [-0.1, -0.05) is 15.9 Å². The van der Waals surface area contributed by atoms with Gasteiger partial charge >= 0.3 is 0 Å². The molecular formula is C7H6BrNO2. The molecule has 0 N–H and O–H groups in total. The van der Waals surface area contributed by atoms with Crippen molar-refractivity contribution >= 4 is 21.6 Å². The Labute approximate surface area is 72.5 Å². The van der Waals surface area contributed by atoms with E-state index in [1.807, 2.05) is 0 Å². The van der Waals surface area contributed by atoms with E-state index in [0.29, 0.717) is 11.4 Å². The number of nitrogens with zero attached hydrogens (tertiary/aromatic N) is 1. The van der Waals surface area contributed by atoms with Crippen molar-refractivity contribution in [1.29, 1.82) is 0 Å². The molecule has 4 heteroatoms. The molecule has 0 radical (unpaired) electrons. The van der Waals surface area contributed by atoms with Gasteiger partial charge in [-0.05, 0) is 23.4 Å². The number of nitroso groups, excluding NO2 is 1. The van der Waals surface area contributed by atoms with Gasteiger partial charge in [0, 0.05) is 4.47 Å². The zero-order valence-electron chi connectivity index (χ0n) is 5.87. The number of halogens is 1. The van der Waals surface area contributed by atoms with Crippen molar-refractivity contribution in [2.24, 2.45) is 5.18 Å². The Balaban J connectivity index is 3.16. The highest BCUT2D eigenvalue weighted by molar-refractivity contribution is 9.10. The highest BCUT2D eigenvalue weighted by Gasteiger charge is 2.01. The zero-order chi connectivity index (χ0) is 8.27. The monoisotopic (exact) mass is 215 g/mol. The molecule has 0 amide bonds. The molecule has 0 aliphatic rings. The fourth-order valence-corrected chi connectivity index (χ4v) is 1.08. The molecule has 1 aromatic carbocycles. The van der Waals surface area contributed by atoms with Gasteiger partial charge in [-0.25, -0.2) is 0 Å². The average Bonchev–Trinajstić information content (AvgIpc) is 2.04. The van der Waals surface area contributed by atoms with Gasteiger partial charge in [-0.3, -0.25) is 0 Å². The summed E-state index contributed by atoms with van der Waals surface area (Å²) in [6.45, 7) is 0. The first-order valence-corrected chi connectivity index (χ1v) is 3.74. The quantitative estimate of drug-likeness (QED) is 0.713. The molecule has 0 saturated carbocycles. The Hall–Kier alpha value is -0.900. The number of rotatable bonds is 2. The van der Waals surface area contributed by atoms with Crippen LogP contribution in [0.4, 0.5) is 5.69 Å². The number of hydrogen-bond donors (Lipinski definition) is 0. The maximum atomic E-state index is 10.2.